The Balaban J connectivity index is 1.99. The molecule has 2 aromatic rings. The van der Waals surface area contributed by atoms with Crippen LogP contribution in [0.25, 0.3) is 0 Å². The van der Waals surface area contributed by atoms with E-state index < -0.39 is 12.1 Å². The molecule has 0 aliphatic carbocycles. The maximum atomic E-state index is 12.6. The molecule has 0 fully saturated rings. The van der Waals surface area contributed by atoms with Gasteiger partial charge < -0.3 is 14.8 Å². The first-order chi connectivity index (χ1) is 13.7. The first-order valence-electron chi connectivity index (χ1n) is 9.49. The molecule has 0 aliphatic heterocycles. The van der Waals surface area contributed by atoms with Gasteiger partial charge in [-0.2, -0.15) is 0 Å². The lowest BCUT2D eigenvalue weighted by atomic mass is 10.1. The molecule has 1 N–H and O–H groups in total. The van der Waals surface area contributed by atoms with Crippen LogP contribution in [0.15, 0.2) is 42.5 Å². The minimum Gasteiger partial charge on any atom is -0.496 e. The number of nitrogens with one attached hydrogen (secondary N) is 1. The zero-order valence-electron chi connectivity index (χ0n) is 17.4. The number of esters is 1. The van der Waals surface area contributed by atoms with Crippen LogP contribution in [-0.4, -0.2) is 30.9 Å². The smallest absolute Gasteiger partial charge is 0.311 e. The van der Waals surface area contributed by atoms with Crippen LogP contribution in [0, 0.1) is 12.8 Å². The van der Waals surface area contributed by atoms with E-state index in [9.17, 15) is 14.4 Å². The van der Waals surface area contributed by atoms with Crippen LogP contribution in [0.4, 0.5) is 5.69 Å². The van der Waals surface area contributed by atoms with E-state index in [-0.39, 0.29) is 24.0 Å². The van der Waals surface area contributed by atoms with Gasteiger partial charge in [-0.3, -0.25) is 14.4 Å². The molecule has 0 bridgehead atoms. The molecule has 0 heterocycles. The zero-order chi connectivity index (χ0) is 21.6. The fourth-order valence-electron chi connectivity index (χ4n) is 2.73. The first-order valence-corrected chi connectivity index (χ1v) is 9.49. The van der Waals surface area contributed by atoms with Crippen molar-refractivity contribution in [3.63, 3.8) is 0 Å². The summed E-state index contributed by atoms with van der Waals surface area (Å²) in [6.07, 6.45) is -0.905. The highest BCUT2D eigenvalue weighted by Gasteiger charge is 2.21. The predicted molar refractivity (Wildman–Crippen MR) is 111 cm³/mol. The molecule has 29 heavy (non-hydrogen) atoms. The third-order valence-corrected chi connectivity index (χ3v) is 4.41. The van der Waals surface area contributed by atoms with Gasteiger partial charge in [0.15, 0.2) is 6.10 Å². The van der Waals surface area contributed by atoms with Crippen LogP contribution >= 0.6 is 0 Å². The molecule has 0 saturated carbocycles. The number of amides is 1. The molecule has 0 spiro atoms. The minimum atomic E-state index is -0.922. The van der Waals surface area contributed by atoms with Crippen molar-refractivity contribution in [1.29, 1.82) is 0 Å². The summed E-state index contributed by atoms with van der Waals surface area (Å²) in [4.78, 5) is 36.6. The Labute approximate surface area is 171 Å². The third kappa shape index (κ3) is 6.17. The number of Topliss-reactive ketones (excluding diaryl/α,β-unsaturated/α-hetero) is 1. The van der Waals surface area contributed by atoms with E-state index in [1.165, 1.54) is 0 Å². The second-order valence-electron chi connectivity index (χ2n) is 7.21. The van der Waals surface area contributed by atoms with E-state index in [2.05, 4.69) is 5.32 Å². The average Bonchev–Trinajstić information content (AvgIpc) is 2.68. The summed E-state index contributed by atoms with van der Waals surface area (Å²) in [5.74, 6) is -0.446. The lowest BCUT2D eigenvalue weighted by Crippen LogP contribution is -2.25. The summed E-state index contributed by atoms with van der Waals surface area (Å²) < 4.78 is 10.6. The number of carbonyl (C=O) groups is 3. The highest BCUT2D eigenvalue weighted by atomic mass is 16.5. The highest BCUT2D eigenvalue weighted by molar-refractivity contribution is 6.01. The largest absolute Gasteiger partial charge is 0.496 e. The number of carbonyl (C=O) groups excluding carboxylic acids is 3. The summed E-state index contributed by atoms with van der Waals surface area (Å²) >= 11 is 0. The van der Waals surface area contributed by atoms with Gasteiger partial charge in [-0.25, -0.2) is 0 Å². The second kappa shape index (κ2) is 9.87. The Morgan fingerprint density at radius 3 is 2.24 bits per heavy atom. The number of ketones is 1. The van der Waals surface area contributed by atoms with Crippen molar-refractivity contribution >= 4 is 23.3 Å². The van der Waals surface area contributed by atoms with Gasteiger partial charge in [0.2, 0.25) is 11.7 Å². The number of ether oxygens (including phenoxy) is 2. The molecule has 154 valence electrons. The van der Waals surface area contributed by atoms with Crippen molar-refractivity contribution in [1.82, 2.24) is 0 Å². The molecule has 2 aromatic carbocycles. The SMILES string of the molecule is COc1ccc(C)cc1CC(=O)O[C@@H](C)C(=O)c1ccc(NC(=O)C(C)C)cc1. The Hall–Kier alpha value is -3.15. The number of hydrogen-bond donors (Lipinski definition) is 1. The van der Waals surface area contributed by atoms with E-state index in [1.54, 1.807) is 58.2 Å². The summed E-state index contributed by atoms with van der Waals surface area (Å²) in [5, 5.41) is 2.76. The molecule has 6 heteroatoms. The minimum absolute atomic E-state index is 0.0165. The van der Waals surface area contributed by atoms with Gasteiger partial charge in [-0.15, -0.1) is 0 Å². The summed E-state index contributed by atoms with van der Waals surface area (Å²) in [5.41, 5.74) is 2.72. The molecule has 6 nitrogen and oxygen atoms in total. The Morgan fingerprint density at radius 1 is 1.00 bits per heavy atom. The summed E-state index contributed by atoms with van der Waals surface area (Å²) in [6, 6.07) is 12.1. The monoisotopic (exact) mass is 397 g/mol. The fraction of sp³-hybridized carbons (Fsp3) is 0.348. The maximum Gasteiger partial charge on any atom is 0.311 e. The highest BCUT2D eigenvalue weighted by Crippen LogP contribution is 2.21. The number of benzene rings is 2. The second-order valence-corrected chi connectivity index (χ2v) is 7.21. The van der Waals surface area contributed by atoms with Crippen molar-refractivity contribution in [3.05, 3.63) is 59.2 Å². The maximum absolute atomic E-state index is 12.6. The third-order valence-electron chi connectivity index (χ3n) is 4.41. The van der Waals surface area contributed by atoms with Crippen molar-refractivity contribution in [2.24, 2.45) is 5.92 Å². The standard InChI is InChI=1S/C23H27NO5/c1-14(2)23(27)24-19-9-7-17(8-10-19)22(26)16(4)29-21(25)13-18-12-15(3)6-11-20(18)28-5/h6-12,14,16H,13H2,1-5H3,(H,24,27)/t16-/m0/s1. The van der Waals surface area contributed by atoms with Crippen LogP contribution in [0.5, 0.6) is 5.75 Å². The molecule has 1 atom stereocenters. The molecule has 0 aliphatic rings. The first kappa shape index (κ1) is 22.1. The number of hydrogen-bond acceptors (Lipinski definition) is 5. The molecule has 0 unspecified atom stereocenters. The topological polar surface area (TPSA) is 81.7 Å². The van der Waals surface area contributed by atoms with Gasteiger partial charge in [-0.1, -0.05) is 31.5 Å². The molecule has 0 radical (unpaired) electrons. The van der Waals surface area contributed by atoms with Crippen LogP contribution in [0.1, 0.15) is 42.3 Å². The number of anilines is 1. The molecule has 0 saturated heterocycles. The van der Waals surface area contributed by atoms with E-state index in [4.69, 9.17) is 9.47 Å². The number of methoxy groups -OCH3 is 1. The van der Waals surface area contributed by atoms with Crippen LogP contribution in [0.3, 0.4) is 0 Å². The fourth-order valence-corrected chi connectivity index (χ4v) is 2.73. The summed E-state index contributed by atoms with van der Waals surface area (Å²) in [6.45, 7) is 7.07. The zero-order valence-corrected chi connectivity index (χ0v) is 17.4. The van der Waals surface area contributed by atoms with Crippen molar-refractivity contribution < 1.29 is 23.9 Å². The molecular formula is C23H27NO5. The van der Waals surface area contributed by atoms with Crippen molar-refractivity contribution in [3.8, 4) is 5.75 Å². The Kier molecular flexibility index (Phi) is 7.53. The Bertz CT molecular complexity index is 887. The van der Waals surface area contributed by atoms with Crippen molar-refractivity contribution in [2.45, 2.75) is 40.2 Å². The van der Waals surface area contributed by atoms with Gasteiger partial charge in [0.05, 0.1) is 13.5 Å². The van der Waals surface area contributed by atoms with Gasteiger partial charge >= 0.3 is 5.97 Å². The number of rotatable bonds is 8. The van der Waals surface area contributed by atoms with E-state index in [0.29, 0.717) is 22.6 Å². The van der Waals surface area contributed by atoms with E-state index in [0.717, 1.165) is 5.56 Å². The van der Waals surface area contributed by atoms with E-state index in [1.807, 2.05) is 19.1 Å². The molecule has 1 amide bonds. The van der Waals surface area contributed by atoms with Crippen LogP contribution in [-0.2, 0) is 20.7 Å². The summed E-state index contributed by atoms with van der Waals surface area (Å²) in [7, 11) is 1.54. The lowest BCUT2D eigenvalue weighted by molar-refractivity contribution is -0.145. The van der Waals surface area contributed by atoms with Gasteiger partial charge in [-0.05, 0) is 44.2 Å². The molecular weight excluding hydrogens is 370 g/mol. The average molecular weight is 397 g/mol. The van der Waals surface area contributed by atoms with Gasteiger partial charge in [0.1, 0.15) is 5.75 Å². The quantitative estimate of drug-likeness (QED) is 0.539. The van der Waals surface area contributed by atoms with Crippen LogP contribution < -0.4 is 10.1 Å². The predicted octanol–water partition coefficient (Wildman–Crippen LogP) is 3.96. The van der Waals surface area contributed by atoms with Gasteiger partial charge in [0.25, 0.3) is 0 Å². The van der Waals surface area contributed by atoms with Crippen molar-refractivity contribution in [2.75, 3.05) is 12.4 Å². The Morgan fingerprint density at radius 2 is 1.66 bits per heavy atom. The normalized spacial score (nSPS) is 11.7. The van der Waals surface area contributed by atoms with Crippen LogP contribution in [0.2, 0.25) is 0 Å². The lowest BCUT2D eigenvalue weighted by Gasteiger charge is -2.14. The van der Waals surface area contributed by atoms with Gasteiger partial charge in [0, 0.05) is 22.7 Å². The molecule has 0 aromatic heterocycles. The molecule has 2 rings (SSSR count). The number of aryl methyl sites for hydroxylation is 1. The van der Waals surface area contributed by atoms with E-state index >= 15 is 0 Å².